The van der Waals surface area contributed by atoms with E-state index >= 15 is 0 Å². The minimum Gasteiger partial charge on any atom is -0.340 e. The van der Waals surface area contributed by atoms with Crippen LogP contribution in [-0.2, 0) is 4.79 Å². The minimum atomic E-state index is -0.199. The van der Waals surface area contributed by atoms with Gasteiger partial charge in [-0.2, -0.15) is 0 Å². The van der Waals surface area contributed by atoms with Crippen molar-refractivity contribution in [2.45, 2.75) is 56.4 Å². The standard InChI is InChI=1S/C17H24FNOS/c1-2-19(14-8-4-3-5-9-14)17(20)12-13-21-16-11-7-6-10-15(16)18/h6-7,10-11,14H,2-5,8-9,12-13H2,1H3. The molecule has 0 spiro atoms. The molecule has 4 heteroatoms. The molecule has 2 nitrogen and oxygen atoms in total. The lowest BCUT2D eigenvalue weighted by atomic mass is 9.94. The summed E-state index contributed by atoms with van der Waals surface area (Å²) in [4.78, 5) is 15.0. The van der Waals surface area contributed by atoms with Crippen LogP contribution in [0.3, 0.4) is 0 Å². The number of rotatable bonds is 6. The van der Waals surface area contributed by atoms with E-state index in [9.17, 15) is 9.18 Å². The summed E-state index contributed by atoms with van der Waals surface area (Å²) in [6.45, 7) is 2.84. The second-order valence-corrected chi connectivity index (χ2v) is 6.64. The topological polar surface area (TPSA) is 20.3 Å². The third-order valence-corrected chi connectivity index (χ3v) is 5.14. The SMILES string of the molecule is CCN(C(=O)CCSc1ccccc1F)C1CCCCC1. The van der Waals surface area contributed by atoms with Crippen LogP contribution in [0.15, 0.2) is 29.2 Å². The van der Waals surface area contributed by atoms with Crippen LogP contribution >= 0.6 is 11.8 Å². The Morgan fingerprint density at radius 3 is 2.67 bits per heavy atom. The van der Waals surface area contributed by atoms with Crippen molar-refractivity contribution in [3.05, 3.63) is 30.1 Å². The molecule has 2 rings (SSSR count). The fourth-order valence-electron chi connectivity index (χ4n) is 2.98. The summed E-state index contributed by atoms with van der Waals surface area (Å²) in [5.41, 5.74) is 0. The Labute approximate surface area is 131 Å². The molecule has 0 aromatic heterocycles. The highest BCUT2D eigenvalue weighted by Gasteiger charge is 2.23. The number of carbonyl (C=O) groups is 1. The number of hydrogen-bond acceptors (Lipinski definition) is 2. The Morgan fingerprint density at radius 2 is 2.00 bits per heavy atom. The van der Waals surface area contributed by atoms with Crippen molar-refractivity contribution in [1.82, 2.24) is 4.90 Å². The van der Waals surface area contributed by atoms with E-state index in [1.165, 1.54) is 37.1 Å². The first-order valence-electron chi connectivity index (χ1n) is 7.89. The molecule has 1 amide bonds. The van der Waals surface area contributed by atoms with Gasteiger partial charge in [-0.1, -0.05) is 31.4 Å². The first-order valence-corrected chi connectivity index (χ1v) is 8.87. The van der Waals surface area contributed by atoms with Crippen LogP contribution < -0.4 is 0 Å². The summed E-state index contributed by atoms with van der Waals surface area (Å²) in [5.74, 6) is 0.658. The van der Waals surface area contributed by atoms with E-state index in [2.05, 4.69) is 6.92 Å². The third kappa shape index (κ3) is 4.73. The van der Waals surface area contributed by atoms with Crippen LogP contribution in [0.25, 0.3) is 0 Å². The van der Waals surface area contributed by atoms with Crippen LogP contribution in [0, 0.1) is 5.82 Å². The summed E-state index contributed by atoms with van der Waals surface area (Å²) >= 11 is 1.43. The lowest BCUT2D eigenvalue weighted by molar-refractivity contribution is -0.133. The average molecular weight is 309 g/mol. The van der Waals surface area contributed by atoms with E-state index in [1.807, 2.05) is 11.0 Å². The van der Waals surface area contributed by atoms with Gasteiger partial charge in [0.1, 0.15) is 5.82 Å². The number of amides is 1. The highest BCUT2D eigenvalue weighted by Crippen LogP contribution is 2.25. The summed E-state index contributed by atoms with van der Waals surface area (Å²) in [7, 11) is 0. The van der Waals surface area contributed by atoms with Crippen LogP contribution in [0.5, 0.6) is 0 Å². The van der Waals surface area contributed by atoms with Crippen molar-refractivity contribution in [1.29, 1.82) is 0 Å². The van der Waals surface area contributed by atoms with E-state index < -0.39 is 0 Å². The molecule has 1 aromatic carbocycles. The van der Waals surface area contributed by atoms with Crippen LogP contribution in [0.4, 0.5) is 4.39 Å². The number of nitrogens with zero attached hydrogens (tertiary/aromatic N) is 1. The highest BCUT2D eigenvalue weighted by molar-refractivity contribution is 7.99. The lowest BCUT2D eigenvalue weighted by Gasteiger charge is -2.33. The molecule has 1 fully saturated rings. The maximum Gasteiger partial charge on any atom is 0.223 e. The molecule has 116 valence electrons. The van der Waals surface area contributed by atoms with Gasteiger partial charge in [0.2, 0.25) is 5.91 Å². The monoisotopic (exact) mass is 309 g/mol. The fourth-order valence-corrected chi connectivity index (χ4v) is 3.86. The smallest absolute Gasteiger partial charge is 0.223 e. The van der Waals surface area contributed by atoms with Crippen molar-refractivity contribution in [3.63, 3.8) is 0 Å². The molecule has 0 saturated heterocycles. The second kappa shape index (κ2) is 8.42. The maximum atomic E-state index is 13.5. The van der Waals surface area contributed by atoms with E-state index in [-0.39, 0.29) is 11.7 Å². The van der Waals surface area contributed by atoms with Gasteiger partial charge in [0, 0.05) is 29.7 Å². The molecule has 1 aliphatic rings. The van der Waals surface area contributed by atoms with Crippen LogP contribution in [-0.4, -0.2) is 29.1 Å². The van der Waals surface area contributed by atoms with Crippen molar-refractivity contribution >= 4 is 17.7 Å². The van der Waals surface area contributed by atoms with Gasteiger partial charge >= 0.3 is 0 Å². The van der Waals surface area contributed by atoms with Gasteiger partial charge in [-0.3, -0.25) is 4.79 Å². The van der Waals surface area contributed by atoms with E-state index in [0.29, 0.717) is 23.1 Å². The second-order valence-electron chi connectivity index (χ2n) is 5.50. The summed E-state index contributed by atoms with van der Waals surface area (Å²) in [5, 5.41) is 0. The van der Waals surface area contributed by atoms with Crippen molar-refractivity contribution in [2.24, 2.45) is 0 Å². The Balaban J connectivity index is 1.81. The molecule has 0 aliphatic heterocycles. The van der Waals surface area contributed by atoms with Crippen molar-refractivity contribution < 1.29 is 9.18 Å². The molecule has 21 heavy (non-hydrogen) atoms. The number of carbonyl (C=O) groups excluding carboxylic acids is 1. The first kappa shape index (κ1) is 16.3. The van der Waals surface area contributed by atoms with E-state index in [1.54, 1.807) is 12.1 Å². The van der Waals surface area contributed by atoms with Gasteiger partial charge in [-0.05, 0) is 31.9 Å². The average Bonchev–Trinajstić information content (AvgIpc) is 2.51. The Hall–Kier alpha value is -1.03. The largest absolute Gasteiger partial charge is 0.340 e. The molecule has 0 N–H and O–H groups in total. The number of hydrogen-bond donors (Lipinski definition) is 0. The zero-order valence-electron chi connectivity index (χ0n) is 12.7. The van der Waals surface area contributed by atoms with Gasteiger partial charge in [-0.15, -0.1) is 11.8 Å². The number of benzene rings is 1. The van der Waals surface area contributed by atoms with Crippen molar-refractivity contribution in [2.75, 3.05) is 12.3 Å². The van der Waals surface area contributed by atoms with Gasteiger partial charge in [0.05, 0.1) is 0 Å². The third-order valence-electron chi connectivity index (χ3n) is 4.09. The van der Waals surface area contributed by atoms with Gasteiger partial charge < -0.3 is 4.90 Å². The molecule has 0 unspecified atom stereocenters. The molecule has 1 aliphatic carbocycles. The molecular weight excluding hydrogens is 285 g/mol. The van der Waals surface area contributed by atoms with Crippen molar-refractivity contribution in [3.8, 4) is 0 Å². The highest BCUT2D eigenvalue weighted by atomic mass is 32.2. The minimum absolute atomic E-state index is 0.199. The van der Waals surface area contributed by atoms with E-state index in [4.69, 9.17) is 0 Å². The molecular formula is C17H24FNOS. The molecule has 1 saturated carbocycles. The van der Waals surface area contributed by atoms with Crippen LogP contribution in [0.2, 0.25) is 0 Å². The first-order chi connectivity index (χ1) is 10.2. The summed E-state index contributed by atoms with van der Waals surface area (Å²) in [6.07, 6.45) is 6.53. The summed E-state index contributed by atoms with van der Waals surface area (Å²) < 4.78 is 13.5. The zero-order valence-corrected chi connectivity index (χ0v) is 13.5. The molecule has 0 bridgehead atoms. The van der Waals surface area contributed by atoms with Gasteiger partial charge in [0.25, 0.3) is 0 Å². The summed E-state index contributed by atoms with van der Waals surface area (Å²) in [6, 6.07) is 7.17. The quantitative estimate of drug-likeness (QED) is 0.722. The fraction of sp³-hybridized carbons (Fsp3) is 0.588. The lowest BCUT2D eigenvalue weighted by Crippen LogP contribution is -2.41. The molecule has 0 atom stereocenters. The maximum absolute atomic E-state index is 13.5. The number of thioether (sulfide) groups is 1. The Morgan fingerprint density at radius 1 is 1.29 bits per heavy atom. The predicted octanol–water partition coefficient (Wildman–Crippen LogP) is 4.49. The molecule has 1 aromatic rings. The molecule has 0 radical (unpaired) electrons. The number of halogens is 1. The van der Waals surface area contributed by atoms with E-state index in [0.717, 1.165) is 19.4 Å². The zero-order chi connectivity index (χ0) is 15.1. The predicted molar refractivity (Wildman–Crippen MR) is 86.0 cm³/mol. The van der Waals surface area contributed by atoms with Gasteiger partial charge in [-0.25, -0.2) is 4.39 Å². The molecule has 0 heterocycles. The Kier molecular flexibility index (Phi) is 6.55. The van der Waals surface area contributed by atoms with Gasteiger partial charge in [0.15, 0.2) is 0 Å². The Bertz CT molecular complexity index is 460. The normalized spacial score (nSPS) is 15.9. The van der Waals surface area contributed by atoms with Crippen LogP contribution in [0.1, 0.15) is 45.4 Å².